The molecule has 0 spiro atoms. The lowest BCUT2D eigenvalue weighted by molar-refractivity contribution is 0.236. The van der Waals surface area contributed by atoms with E-state index in [0.717, 1.165) is 5.56 Å². The Morgan fingerprint density at radius 1 is 1.38 bits per heavy atom. The van der Waals surface area contributed by atoms with Gasteiger partial charge in [-0.2, -0.15) is 0 Å². The van der Waals surface area contributed by atoms with E-state index in [-0.39, 0.29) is 23.5 Å². The highest BCUT2D eigenvalue weighted by molar-refractivity contribution is 7.89. The zero-order valence-corrected chi connectivity index (χ0v) is 13.0. The van der Waals surface area contributed by atoms with E-state index in [1.54, 1.807) is 18.2 Å². The lowest BCUT2D eigenvalue weighted by Crippen LogP contribution is -2.41. The van der Waals surface area contributed by atoms with Crippen molar-refractivity contribution in [3.63, 3.8) is 0 Å². The predicted molar refractivity (Wildman–Crippen MR) is 80.2 cm³/mol. The van der Waals surface area contributed by atoms with Gasteiger partial charge in [0.25, 0.3) is 0 Å². The smallest absolute Gasteiger partial charge is 0.315 e. The van der Waals surface area contributed by atoms with Gasteiger partial charge in [-0.1, -0.05) is 12.1 Å². The molecule has 1 fully saturated rings. The Kier molecular flexibility index (Phi) is 4.84. The molecule has 0 unspecified atom stereocenters. The molecule has 2 amide bonds. The molecule has 0 aromatic heterocycles. The van der Waals surface area contributed by atoms with Gasteiger partial charge in [-0.05, 0) is 50.4 Å². The second-order valence-corrected chi connectivity index (χ2v) is 7.19. The van der Waals surface area contributed by atoms with Gasteiger partial charge in [0.05, 0.1) is 4.90 Å². The van der Waals surface area contributed by atoms with Crippen LogP contribution in [0, 0.1) is 5.92 Å². The molecular formula is C14H21N3O3S. The number of nitrogens with one attached hydrogen (secondary N) is 3. The van der Waals surface area contributed by atoms with Gasteiger partial charge in [0.1, 0.15) is 0 Å². The summed E-state index contributed by atoms with van der Waals surface area (Å²) in [5, 5.41) is 5.63. The van der Waals surface area contributed by atoms with Crippen LogP contribution in [-0.4, -0.2) is 27.5 Å². The van der Waals surface area contributed by atoms with E-state index in [9.17, 15) is 13.2 Å². The molecule has 0 bridgehead atoms. The van der Waals surface area contributed by atoms with E-state index >= 15 is 0 Å². The average molecular weight is 311 g/mol. The number of hydrogen-bond acceptors (Lipinski definition) is 3. The topological polar surface area (TPSA) is 87.3 Å². The van der Waals surface area contributed by atoms with E-state index in [1.807, 2.05) is 6.92 Å². The highest BCUT2D eigenvalue weighted by Crippen LogP contribution is 2.32. The van der Waals surface area contributed by atoms with Crippen molar-refractivity contribution in [1.29, 1.82) is 0 Å². The summed E-state index contributed by atoms with van der Waals surface area (Å²) in [5.74, 6) is 0.597. The second-order valence-electron chi connectivity index (χ2n) is 5.31. The SMILES string of the molecule is CNS(=O)(=O)c1cccc(CNC(=O)N[C@H](C)C2CC2)c1. The minimum atomic E-state index is -3.46. The summed E-state index contributed by atoms with van der Waals surface area (Å²) in [4.78, 5) is 11.9. The van der Waals surface area contributed by atoms with E-state index in [1.165, 1.54) is 26.0 Å². The number of sulfonamides is 1. The maximum absolute atomic E-state index is 11.7. The average Bonchev–Trinajstić information content (AvgIpc) is 3.30. The third-order valence-corrected chi connectivity index (χ3v) is 5.03. The number of amides is 2. The van der Waals surface area contributed by atoms with Crippen LogP contribution < -0.4 is 15.4 Å². The van der Waals surface area contributed by atoms with Crippen molar-refractivity contribution in [3.8, 4) is 0 Å². The fourth-order valence-corrected chi connectivity index (χ4v) is 2.89. The zero-order chi connectivity index (χ0) is 15.5. The fraction of sp³-hybridized carbons (Fsp3) is 0.500. The molecular weight excluding hydrogens is 290 g/mol. The summed E-state index contributed by atoms with van der Waals surface area (Å²) in [6, 6.07) is 6.46. The van der Waals surface area contributed by atoms with Crippen LogP contribution in [0.1, 0.15) is 25.3 Å². The first-order valence-electron chi connectivity index (χ1n) is 6.99. The van der Waals surface area contributed by atoms with Gasteiger partial charge >= 0.3 is 6.03 Å². The van der Waals surface area contributed by atoms with Crippen molar-refractivity contribution < 1.29 is 13.2 Å². The molecule has 1 aliphatic carbocycles. The van der Waals surface area contributed by atoms with Gasteiger partial charge in [0.2, 0.25) is 10.0 Å². The van der Waals surface area contributed by atoms with Crippen LogP contribution in [0.4, 0.5) is 4.79 Å². The Bertz CT molecular complexity index is 612. The van der Waals surface area contributed by atoms with Gasteiger partial charge in [-0.3, -0.25) is 0 Å². The standard InChI is InChI=1S/C14H21N3O3S/c1-10(12-6-7-12)17-14(18)16-9-11-4-3-5-13(8-11)21(19,20)15-2/h3-5,8,10,12,15H,6-7,9H2,1-2H3,(H2,16,17,18)/t10-/m1/s1. The van der Waals surface area contributed by atoms with Crippen LogP contribution in [0.5, 0.6) is 0 Å². The molecule has 21 heavy (non-hydrogen) atoms. The molecule has 1 aromatic rings. The summed E-state index contributed by atoms with van der Waals surface area (Å²) in [6.07, 6.45) is 2.34. The molecule has 1 aromatic carbocycles. The molecule has 0 saturated heterocycles. The molecule has 0 heterocycles. The highest BCUT2D eigenvalue weighted by Gasteiger charge is 2.28. The fourth-order valence-electron chi connectivity index (χ4n) is 2.09. The van der Waals surface area contributed by atoms with Crippen LogP contribution in [0.2, 0.25) is 0 Å². The Labute approximate surface area is 125 Å². The summed E-state index contributed by atoms with van der Waals surface area (Å²) in [7, 11) is -2.09. The number of rotatable bonds is 6. The van der Waals surface area contributed by atoms with Crippen molar-refractivity contribution >= 4 is 16.1 Å². The Morgan fingerprint density at radius 3 is 2.71 bits per heavy atom. The maximum atomic E-state index is 11.7. The molecule has 1 saturated carbocycles. The van der Waals surface area contributed by atoms with Crippen LogP contribution in [0.25, 0.3) is 0 Å². The first-order valence-corrected chi connectivity index (χ1v) is 8.47. The summed E-state index contributed by atoms with van der Waals surface area (Å²) in [6.45, 7) is 2.29. The predicted octanol–water partition coefficient (Wildman–Crippen LogP) is 1.19. The first kappa shape index (κ1) is 15.8. The van der Waals surface area contributed by atoms with E-state index in [4.69, 9.17) is 0 Å². The van der Waals surface area contributed by atoms with Gasteiger partial charge in [0.15, 0.2) is 0 Å². The van der Waals surface area contributed by atoms with E-state index < -0.39 is 10.0 Å². The van der Waals surface area contributed by atoms with Gasteiger partial charge in [-0.15, -0.1) is 0 Å². The number of carbonyl (C=O) groups excluding carboxylic acids is 1. The number of benzene rings is 1. The van der Waals surface area contributed by atoms with Crippen LogP contribution in [0.3, 0.4) is 0 Å². The Hall–Kier alpha value is -1.60. The second kappa shape index (κ2) is 6.44. The monoisotopic (exact) mass is 311 g/mol. The molecule has 0 radical (unpaired) electrons. The normalized spacial score (nSPS) is 16.3. The summed E-state index contributed by atoms with van der Waals surface area (Å²) < 4.78 is 25.7. The third kappa shape index (κ3) is 4.44. The Morgan fingerprint density at radius 2 is 2.10 bits per heavy atom. The molecule has 2 rings (SSSR count). The number of urea groups is 1. The van der Waals surface area contributed by atoms with Crippen molar-refractivity contribution in [2.45, 2.75) is 37.2 Å². The van der Waals surface area contributed by atoms with Crippen molar-refractivity contribution in [2.75, 3.05) is 7.05 Å². The van der Waals surface area contributed by atoms with E-state index in [0.29, 0.717) is 5.92 Å². The molecule has 1 aliphatic rings. The largest absolute Gasteiger partial charge is 0.335 e. The maximum Gasteiger partial charge on any atom is 0.315 e. The van der Waals surface area contributed by atoms with E-state index in [2.05, 4.69) is 15.4 Å². The van der Waals surface area contributed by atoms with Crippen molar-refractivity contribution in [3.05, 3.63) is 29.8 Å². The Balaban J connectivity index is 1.91. The lowest BCUT2D eigenvalue weighted by atomic mass is 10.2. The van der Waals surface area contributed by atoms with Crippen molar-refractivity contribution in [2.24, 2.45) is 5.92 Å². The van der Waals surface area contributed by atoms with Crippen LogP contribution in [0.15, 0.2) is 29.2 Å². The molecule has 0 aliphatic heterocycles. The van der Waals surface area contributed by atoms with Crippen molar-refractivity contribution in [1.82, 2.24) is 15.4 Å². The number of hydrogen-bond donors (Lipinski definition) is 3. The van der Waals surface area contributed by atoms with Gasteiger partial charge in [0, 0.05) is 12.6 Å². The molecule has 116 valence electrons. The quantitative estimate of drug-likeness (QED) is 0.737. The number of carbonyl (C=O) groups is 1. The van der Waals surface area contributed by atoms with Gasteiger partial charge in [-0.25, -0.2) is 17.9 Å². The molecule has 6 nitrogen and oxygen atoms in total. The summed E-state index contributed by atoms with van der Waals surface area (Å²) in [5.41, 5.74) is 0.737. The summed E-state index contributed by atoms with van der Waals surface area (Å²) >= 11 is 0. The first-order chi connectivity index (χ1) is 9.92. The zero-order valence-electron chi connectivity index (χ0n) is 12.2. The molecule has 1 atom stereocenters. The lowest BCUT2D eigenvalue weighted by Gasteiger charge is -2.14. The van der Waals surface area contributed by atoms with Crippen LogP contribution in [-0.2, 0) is 16.6 Å². The highest BCUT2D eigenvalue weighted by atomic mass is 32.2. The molecule has 3 N–H and O–H groups in total. The van der Waals surface area contributed by atoms with Gasteiger partial charge < -0.3 is 10.6 Å². The minimum absolute atomic E-state index is 0.181. The minimum Gasteiger partial charge on any atom is -0.335 e. The molecule has 7 heteroatoms. The third-order valence-electron chi connectivity index (χ3n) is 3.62. The van der Waals surface area contributed by atoms with Crippen LogP contribution >= 0.6 is 0 Å².